The molecule has 7 heteroatoms. The zero-order valence-corrected chi connectivity index (χ0v) is 17.9. The predicted molar refractivity (Wildman–Crippen MR) is 115 cm³/mol. The third-order valence-electron chi connectivity index (χ3n) is 5.28. The number of hydrogen-bond acceptors (Lipinski definition) is 5. The summed E-state index contributed by atoms with van der Waals surface area (Å²) >= 11 is 0. The van der Waals surface area contributed by atoms with E-state index in [1.807, 2.05) is 0 Å². The Balaban J connectivity index is 1.67. The van der Waals surface area contributed by atoms with E-state index in [4.69, 9.17) is 0 Å². The number of carbonyl (C=O) groups excluding carboxylic acids is 2. The summed E-state index contributed by atoms with van der Waals surface area (Å²) in [6.07, 6.45) is 4.79. The molecule has 158 valence electrons. The first-order valence-corrected chi connectivity index (χ1v) is 11.3. The summed E-state index contributed by atoms with van der Waals surface area (Å²) in [5, 5.41) is 0. The minimum Gasteiger partial charge on any atom is -0.465 e. The van der Waals surface area contributed by atoms with E-state index < -0.39 is 16.0 Å². The van der Waals surface area contributed by atoms with Crippen LogP contribution in [0.2, 0.25) is 0 Å². The van der Waals surface area contributed by atoms with Crippen molar-refractivity contribution in [2.75, 3.05) is 20.2 Å². The van der Waals surface area contributed by atoms with Gasteiger partial charge in [0.05, 0.1) is 17.6 Å². The van der Waals surface area contributed by atoms with E-state index in [1.165, 1.54) is 41.8 Å². The minimum atomic E-state index is -3.53. The standard InChI is InChI=1S/C23H25NO5S/c1-17-13-15-24(16-14-17)30(27,28)21-10-8-19(9-11-21)22(25)12-5-18-3-6-20(7-4-18)23(26)29-2/h3-12,17H,13-16H2,1-2H3/b12-5+. The Morgan fingerprint density at radius 1 is 0.967 bits per heavy atom. The molecule has 1 aliphatic heterocycles. The van der Waals surface area contributed by atoms with Gasteiger partial charge in [0.25, 0.3) is 0 Å². The van der Waals surface area contributed by atoms with Crippen molar-refractivity contribution in [2.24, 2.45) is 5.92 Å². The fourth-order valence-corrected chi connectivity index (χ4v) is 4.75. The molecule has 6 nitrogen and oxygen atoms in total. The molecule has 2 aromatic carbocycles. The molecule has 0 saturated carbocycles. The highest BCUT2D eigenvalue weighted by Crippen LogP contribution is 2.23. The van der Waals surface area contributed by atoms with Crippen LogP contribution < -0.4 is 0 Å². The average Bonchev–Trinajstić information content (AvgIpc) is 2.77. The molecular weight excluding hydrogens is 402 g/mol. The maximum Gasteiger partial charge on any atom is 0.337 e. The van der Waals surface area contributed by atoms with E-state index in [2.05, 4.69) is 11.7 Å². The Bertz CT molecular complexity index is 1030. The minimum absolute atomic E-state index is 0.205. The average molecular weight is 428 g/mol. The van der Waals surface area contributed by atoms with Gasteiger partial charge in [-0.2, -0.15) is 4.31 Å². The van der Waals surface area contributed by atoms with Crippen molar-refractivity contribution in [3.05, 3.63) is 71.3 Å². The Morgan fingerprint density at radius 2 is 1.53 bits per heavy atom. The second kappa shape index (κ2) is 9.36. The lowest BCUT2D eigenvalue weighted by Gasteiger charge is -2.29. The number of ketones is 1. The lowest BCUT2D eigenvalue weighted by Crippen LogP contribution is -2.37. The number of allylic oxidation sites excluding steroid dienone is 1. The van der Waals surface area contributed by atoms with Crippen molar-refractivity contribution in [1.29, 1.82) is 0 Å². The summed E-state index contributed by atoms with van der Waals surface area (Å²) in [6.45, 7) is 3.19. The highest BCUT2D eigenvalue weighted by molar-refractivity contribution is 7.89. The highest BCUT2D eigenvalue weighted by Gasteiger charge is 2.28. The van der Waals surface area contributed by atoms with Gasteiger partial charge in [0.2, 0.25) is 10.0 Å². The molecule has 0 amide bonds. The van der Waals surface area contributed by atoms with E-state index in [9.17, 15) is 18.0 Å². The summed E-state index contributed by atoms with van der Waals surface area (Å²) in [4.78, 5) is 24.1. The number of esters is 1. The topological polar surface area (TPSA) is 80.8 Å². The van der Waals surface area contributed by atoms with Gasteiger partial charge in [-0.1, -0.05) is 25.1 Å². The Labute approximate surface area is 177 Å². The molecule has 1 fully saturated rings. The highest BCUT2D eigenvalue weighted by atomic mass is 32.2. The third-order valence-corrected chi connectivity index (χ3v) is 7.19. The first-order valence-electron chi connectivity index (χ1n) is 9.82. The van der Waals surface area contributed by atoms with E-state index in [0.29, 0.717) is 30.1 Å². The molecule has 1 saturated heterocycles. The van der Waals surface area contributed by atoms with Crippen molar-refractivity contribution >= 4 is 27.9 Å². The Morgan fingerprint density at radius 3 is 2.10 bits per heavy atom. The molecule has 0 unspecified atom stereocenters. The Kier molecular flexibility index (Phi) is 6.84. The van der Waals surface area contributed by atoms with E-state index in [0.717, 1.165) is 18.4 Å². The maximum atomic E-state index is 12.8. The van der Waals surface area contributed by atoms with Gasteiger partial charge in [0.1, 0.15) is 0 Å². The van der Waals surface area contributed by atoms with Crippen LogP contribution in [0.25, 0.3) is 6.08 Å². The van der Waals surface area contributed by atoms with Crippen LogP contribution in [0.4, 0.5) is 0 Å². The molecule has 0 radical (unpaired) electrons. The molecule has 1 aliphatic rings. The number of carbonyl (C=O) groups is 2. The summed E-state index contributed by atoms with van der Waals surface area (Å²) in [7, 11) is -2.21. The molecule has 1 heterocycles. The van der Waals surface area contributed by atoms with Gasteiger partial charge in [-0.3, -0.25) is 4.79 Å². The number of ether oxygens (including phenoxy) is 1. The summed E-state index contributed by atoms with van der Waals surface area (Å²) in [5.41, 5.74) is 1.60. The largest absolute Gasteiger partial charge is 0.465 e. The van der Waals surface area contributed by atoms with Crippen LogP contribution in [0.15, 0.2) is 59.5 Å². The smallest absolute Gasteiger partial charge is 0.337 e. The van der Waals surface area contributed by atoms with Crippen LogP contribution >= 0.6 is 0 Å². The molecule has 0 spiro atoms. The SMILES string of the molecule is COC(=O)c1ccc(/C=C/C(=O)c2ccc(S(=O)(=O)N3CCC(C)CC3)cc2)cc1. The summed E-state index contributed by atoms with van der Waals surface area (Å²) in [6, 6.07) is 12.7. The van der Waals surface area contributed by atoms with Crippen LogP contribution in [0.3, 0.4) is 0 Å². The van der Waals surface area contributed by atoms with Crippen molar-refractivity contribution in [1.82, 2.24) is 4.31 Å². The van der Waals surface area contributed by atoms with Gasteiger partial charge in [0, 0.05) is 18.7 Å². The second-order valence-electron chi connectivity index (χ2n) is 7.42. The van der Waals surface area contributed by atoms with Crippen molar-refractivity contribution in [2.45, 2.75) is 24.7 Å². The number of sulfonamides is 1. The molecule has 0 atom stereocenters. The first kappa shape index (κ1) is 21.9. The van der Waals surface area contributed by atoms with Gasteiger partial charge in [0.15, 0.2) is 5.78 Å². The first-order chi connectivity index (χ1) is 14.3. The van der Waals surface area contributed by atoms with Crippen LogP contribution in [0.5, 0.6) is 0 Å². The lowest BCUT2D eigenvalue weighted by molar-refractivity contribution is 0.0600. The summed E-state index contributed by atoms with van der Waals surface area (Å²) in [5.74, 6) is -0.113. The molecular formula is C23H25NO5S. The maximum absolute atomic E-state index is 12.8. The molecule has 2 aromatic rings. The van der Waals surface area contributed by atoms with Crippen LogP contribution in [0, 0.1) is 5.92 Å². The van der Waals surface area contributed by atoms with Gasteiger partial charge in [-0.15, -0.1) is 0 Å². The van der Waals surface area contributed by atoms with Gasteiger partial charge >= 0.3 is 5.97 Å². The third kappa shape index (κ3) is 5.04. The van der Waals surface area contributed by atoms with Gasteiger partial charge in [-0.25, -0.2) is 13.2 Å². The van der Waals surface area contributed by atoms with Crippen LogP contribution in [-0.2, 0) is 14.8 Å². The number of hydrogen-bond donors (Lipinski definition) is 0. The predicted octanol–water partition coefficient (Wildman–Crippen LogP) is 3.79. The van der Waals surface area contributed by atoms with E-state index in [-0.39, 0.29) is 10.7 Å². The Hall–Kier alpha value is -2.77. The quantitative estimate of drug-likeness (QED) is 0.398. The van der Waals surface area contributed by atoms with E-state index in [1.54, 1.807) is 30.3 Å². The molecule has 0 bridgehead atoms. The number of piperidine rings is 1. The fourth-order valence-electron chi connectivity index (χ4n) is 3.28. The van der Waals surface area contributed by atoms with Gasteiger partial charge < -0.3 is 4.74 Å². The lowest BCUT2D eigenvalue weighted by atomic mass is 10.0. The van der Waals surface area contributed by atoms with Crippen LogP contribution in [0.1, 0.15) is 46.0 Å². The van der Waals surface area contributed by atoms with Crippen molar-refractivity contribution in [3.8, 4) is 0 Å². The normalized spacial score (nSPS) is 15.9. The molecule has 30 heavy (non-hydrogen) atoms. The number of methoxy groups -OCH3 is 1. The van der Waals surface area contributed by atoms with Crippen LogP contribution in [-0.4, -0.2) is 44.7 Å². The number of rotatable bonds is 6. The molecule has 0 aromatic heterocycles. The second-order valence-corrected chi connectivity index (χ2v) is 9.36. The fraction of sp³-hybridized carbons (Fsp3) is 0.304. The zero-order valence-electron chi connectivity index (χ0n) is 17.1. The van der Waals surface area contributed by atoms with Gasteiger partial charge in [-0.05, 0) is 66.8 Å². The van der Waals surface area contributed by atoms with E-state index >= 15 is 0 Å². The number of benzene rings is 2. The summed E-state index contributed by atoms with van der Waals surface area (Å²) < 4.78 is 31.7. The van der Waals surface area contributed by atoms with Crippen molar-refractivity contribution in [3.63, 3.8) is 0 Å². The molecule has 0 N–H and O–H groups in total. The monoisotopic (exact) mass is 427 g/mol. The number of nitrogens with zero attached hydrogens (tertiary/aromatic N) is 1. The molecule has 3 rings (SSSR count). The van der Waals surface area contributed by atoms with Crippen molar-refractivity contribution < 1.29 is 22.7 Å². The zero-order chi connectivity index (χ0) is 21.7. The molecule has 0 aliphatic carbocycles.